The Labute approximate surface area is 186 Å². The Hall–Kier alpha value is -2.84. The molecule has 0 unspecified atom stereocenters. The van der Waals surface area contributed by atoms with E-state index in [1.165, 1.54) is 16.2 Å². The van der Waals surface area contributed by atoms with Crippen LogP contribution in [0.5, 0.6) is 11.5 Å². The van der Waals surface area contributed by atoms with Crippen molar-refractivity contribution in [1.82, 2.24) is 4.90 Å². The average Bonchev–Trinajstić information content (AvgIpc) is 3.24. The number of benzene rings is 2. The molecular formula is C22H19BrN2O4S. The molecule has 0 atom stereocenters. The van der Waals surface area contributed by atoms with Crippen LogP contribution in [0.2, 0.25) is 0 Å². The molecule has 4 rings (SSSR count). The van der Waals surface area contributed by atoms with Crippen molar-refractivity contribution in [1.29, 1.82) is 0 Å². The molecule has 30 heavy (non-hydrogen) atoms. The third-order valence-corrected chi connectivity index (χ3v) is 6.33. The highest BCUT2D eigenvalue weighted by molar-refractivity contribution is 9.10. The molecule has 2 heterocycles. The van der Waals surface area contributed by atoms with Crippen molar-refractivity contribution in [3.05, 3.63) is 63.9 Å². The van der Waals surface area contributed by atoms with E-state index in [0.29, 0.717) is 29.5 Å². The summed E-state index contributed by atoms with van der Waals surface area (Å²) in [6.07, 6.45) is 0. The lowest BCUT2D eigenvalue weighted by Gasteiger charge is -2.18. The monoisotopic (exact) mass is 486 g/mol. The van der Waals surface area contributed by atoms with Gasteiger partial charge in [0.25, 0.3) is 5.91 Å². The molecule has 1 aliphatic heterocycles. The molecular weight excluding hydrogens is 468 g/mol. The number of nitrogens with zero attached hydrogens (tertiary/aromatic N) is 1. The zero-order chi connectivity index (χ0) is 21.1. The van der Waals surface area contributed by atoms with Crippen molar-refractivity contribution in [2.75, 3.05) is 32.1 Å². The fraction of sp³-hybridized carbons (Fsp3) is 0.182. The summed E-state index contributed by atoms with van der Waals surface area (Å²) in [5.41, 5.74) is 1.62. The zero-order valence-corrected chi connectivity index (χ0v) is 18.6. The van der Waals surface area contributed by atoms with Crippen molar-refractivity contribution in [2.24, 2.45) is 0 Å². The van der Waals surface area contributed by atoms with Crippen LogP contribution in [0.15, 0.2) is 59.1 Å². The van der Waals surface area contributed by atoms with E-state index in [1.807, 2.05) is 42.5 Å². The van der Waals surface area contributed by atoms with E-state index >= 15 is 0 Å². The van der Waals surface area contributed by atoms with E-state index in [-0.39, 0.29) is 18.4 Å². The molecule has 1 N–H and O–H groups in total. The predicted octanol–water partition coefficient (Wildman–Crippen LogP) is 4.66. The fourth-order valence-electron chi connectivity index (χ4n) is 3.03. The highest BCUT2D eigenvalue weighted by Gasteiger charge is 2.19. The van der Waals surface area contributed by atoms with Gasteiger partial charge in [-0.25, -0.2) is 0 Å². The van der Waals surface area contributed by atoms with Gasteiger partial charge in [0.1, 0.15) is 13.2 Å². The SMILES string of the molecule is CN(CC(=O)Nc1ccccc1Br)C(=O)c1ccc(-c2ccc3c(c2)OCCO3)s1. The van der Waals surface area contributed by atoms with Crippen molar-refractivity contribution in [3.8, 4) is 21.9 Å². The molecule has 3 aromatic rings. The van der Waals surface area contributed by atoms with Crippen LogP contribution in [0.3, 0.4) is 0 Å². The first-order valence-electron chi connectivity index (χ1n) is 9.31. The molecule has 0 spiro atoms. The zero-order valence-electron chi connectivity index (χ0n) is 16.2. The molecule has 0 bridgehead atoms. The first-order chi connectivity index (χ1) is 14.5. The van der Waals surface area contributed by atoms with E-state index in [2.05, 4.69) is 21.2 Å². The van der Waals surface area contributed by atoms with Gasteiger partial charge in [-0.1, -0.05) is 12.1 Å². The van der Waals surface area contributed by atoms with Gasteiger partial charge < -0.3 is 19.7 Å². The summed E-state index contributed by atoms with van der Waals surface area (Å²) >= 11 is 4.77. The highest BCUT2D eigenvalue weighted by atomic mass is 79.9. The molecule has 154 valence electrons. The minimum atomic E-state index is -0.263. The second kappa shape index (κ2) is 8.89. The second-order valence-corrected chi connectivity index (χ2v) is 8.65. The van der Waals surface area contributed by atoms with Gasteiger partial charge in [-0.3, -0.25) is 9.59 Å². The number of fused-ring (bicyclic) bond motifs is 1. The summed E-state index contributed by atoms with van der Waals surface area (Å²) in [7, 11) is 1.62. The molecule has 6 nitrogen and oxygen atoms in total. The minimum Gasteiger partial charge on any atom is -0.486 e. The summed E-state index contributed by atoms with van der Waals surface area (Å²) in [6, 6.07) is 16.8. The van der Waals surface area contributed by atoms with Crippen molar-refractivity contribution in [3.63, 3.8) is 0 Å². The van der Waals surface area contributed by atoms with Crippen LogP contribution in [0.1, 0.15) is 9.67 Å². The lowest BCUT2D eigenvalue weighted by atomic mass is 10.1. The number of rotatable bonds is 5. The first-order valence-corrected chi connectivity index (χ1v) is 10.9. The minimum absolute atomic E-state index is 0.0442. The molecule has 0 radical (unpaired) electrons. The molecule has 1 aromatic heterocycles. The predicted molar refractivity (Wildman–Crippen MR) is 120 cm³/mol. The molecule has 0 saturated carbocycles. The first kappa shape index (κ1) is 20.4. The van der Waals surface area contributed by atoms with Gasteiger partial charge in [0.05, 0.1) is 17.1 Å². The number of likely N-dealkylation sites (N-methyl/N-ethyl adjacent to an activating group) is 1. The molecule has 0 aliphatic carbocycles. The van der Waals surface area contributed by atoms with Crippen LogP contribution in [0, 0.1) is 0 Å². The van der Waals surface area contributed by atoms with Crippen LogP contribution in [0.25, 0.3) is 10.4 Å². The number of hydrogen-bond acceptors (Lipinski definition) is 5. The number of anilines is 1. The van der Waals surface area contributed by atoms with E-state index < -0.39 is 0 Å². The van der Waals surface area contributed by atoms with Crippen LogP contribution in [-0.4, -0.2) is 43.5 Å². The fourth-order valence-corrected chi connectivity index (χ4v) is 4.41. The van der Waals surface area contributed by atoms with Gasteiger partial charge in [0.2, 0.25) is 5.91 Å². The Bertz CT molecular complexity index is 1100. The largest absolute Gasteiger partial charge is 0.486 e. The maximum absolute atomic E-state index is 12.8. The topological polar surface area (TPSA) is 67.9 Å². The van der Waals surface area contributed by atoms with Gasteiger partial charge in [0.15, 0.2) is 11.5 Å². The van der Waals surface area contributed by atoms with Crippen LogP contribution >= 0.6 is 27.3 Å². The summed E-state index contributed by atoms with van der Waals surface area (Å²) in [5, 5.41) is 2.81. The summed E-state index contributed by atoms with van der Waals surface area (Å²) in [6.45, 7) is 1.03. The Kier molecular flexibility index (Phi) is 6.06. The number of carbonyl (C=O) groups excluding carboxylic acids is 2. The van der Waals surface area contributed by atoms with E-state index in [9.17, 15) is 9.59 Å². The Balaban J connectivity index is 1.42. The number of hydrogen-bond donors (Lipinski definition) is 1. The lowest BCUT2D eigenvalue weighted by molar-refractivity contribution is -0.116. The molecule has 1 aliphatic rings. The average molecular weight is 487 g/mol. The van der Waals surface area contributed by atoms with Gasteiger partial charge in [-0.15, -0.1) is 11.3 Å². The number of thiophene rings is 1. The third-order valence-electron chi connectivity index (χ3n) is 4.52. The Morgan fingerprint density at radius 1 is 1.07 bits per heavy atom. The second-order valence-electron chi connectivity index (χ2n) is 6.71. The third kappa shape index (κ3) is 4.49. The Morgan fingerprint density at radius 3 is 2.63 bits per heavy atom. The van der Waals surface area contributed by atoms with Crippen LogP contribution in [0.4, 0.5) is 5.69 Å². The van der Waals surface area contributed by atoms with Gasteiger partial charge in [-0.05, 0) is 64.0 Å². The number of halogens is 1. The Morgan fingerprint density at radius 2 is 1.83 bits per heavy atom. The molecule has 2 amide bonds. The summed E-state index contributed by atoms with van der Waals surface area (Å²) in [5.74, 6) is 0.974. The van der Waals surface area contributed by atoms with E-state index in [1.54, 1.807) is 19.2 Å². The van der Waals surface area contributed by atoms with E-state index in [0.717, 1.165) is 20.7 Å². The number of ether oxygens (including phenoxy) is 2. The molecule has 2 aromatic carbocycles. The van der Waals surface area contributed by atoms with Crippen LogP contribution in [-0.2, 0) is 4.79 Å². The highest BCUT2D eigenvalue weighted by Crippen LogP contribution is 2.37. The van der Waals surface area contributed by atoms with Gasteiger partial charge in [-0.2, -0.15) is 0 Å². The summed E-state index contributed by atoms with van der Waals surface area (Å²) < 4.78 is 12.0. The van der Waals surface area contributed by atoms with E-state index in [4.69, 9.17) is 9.47 Å². The normalized spacial score (nSPS) is 12.3. The summed E-state index contributed by atoms with van der Waals surface area (Å²) in [4.78, 5) is 28.0. The van der Waals surface area contributed by atoms with Crippen LogP contribution < -0.4 is 14.8 Å². The van der Waals surface area contributed by atoms with Gasteiger partial charge >= 0.3 is 0 Å². The van der Waals surface area contributed by atoms with Crippen molar-refractivity contribution in [2.45, 2.75) is 0 Å². The lowest BCUT2D eigenvalue weighted by Crippen LogP contribution is -2.34. The molecule has 0 fully saturated rings. The number of amides is 2. The maximum atomic E-state index is 12.8. The van der Waals surface area contributed by atoms with Crippen molar-refractivity contribution < 1.29 is 19.1 Å². The molecule has 8 heteroatoms. The number of nitrogens with one attached hydrogen (secondary N) is 1. The standard InChI is InChI=1S/C22H19BrN2O4S/c1-25(13-21(26)24-16-5-3-2-4-15(16)23)22(27)20-9-8-19(30-20)14-6-7-17-18(12-14)29-11-10-28-17/h2-9,12H,10-11,13H2,1H3,(H,24,26). The quantitative estimate of drug-likeness (QED) is 0.569. The smallest absolute Gasteiger partial charge is 0.264 e. The number of carbonyl (C=O) groups is 2. The maximum Gasteiger partial charge on any atom is 0.264 e. The number of para-hydroxylation sites is 1. The molecule has 0 saturated heterocycles. The van der Waals surface area contributed by atoms with Crippen molar-refractivity contribution >= 4 is 44.8 Å². The van der Waals surface area contributed by atoms with Gasteiger partial charge in [0, 0.05) is 16.4 Å².